The van der Waals surface area contributed by atoms with Gasteiger partial charge in [-0.05, 0) is 30.9 Å². The molecule has 2 aliphatic heterocycles. The fourth-order valence-corrected chi connectivity index (χ4v) is 2.16. The van der Waals surface area contributed by atoms with Gasteiger partial charge < -0.3 is 14.6 Å². The van der Waals surface area contributed by atoms with Crippen LogP contribution in [0.25, 0.3) is 0 Å². The number of hydrogen-bond donors (Lipinski definition) is 1. The molecule has 0 saturated carbocycles. The molecule has 0 aromatic heterocycles. The van der Waals surface area contributed by atoms with Crippen LogP contribution in [0.3, 0.4) is 0 Å². The Bertz CT molecular complexity index is 553. The normalized spacial score (nSPS) is 20.7. The molecule has 3 rings (SSSR count). The predicted molar refractivity (Wildman–Crippen MR) is 68.4 cm³/mol. The number of benzene rings is 1. The first-order chi connectivity index (χ1) is 8.47. The summed E-state index contributed by atoms with van der Waals surface area (Å²) >= 11 is 0. The molecule has 1 N–H and O–H groups in total. The molecule has 1 aromatic carbocycles. The summed E-state index contributed by atoms with van der Waals surface area (Å²) in [6.07, 6.45) is 0. The van der Waals surface area contributed by atoms with Gasteiger partial charge in [-0.2, -0.15) is 0 Å². The quantitative estimate of drug-likeness (QED) is 0.747. The van der Waals surface area contributed by atoms with Gasteiger partial charge in [-0.25, -0.2) is 0 Å². The molecule has 1 fully saturated rings. The van der Waals surface area contributed by atoms with Crippen LogP contribution in [0.2, 0.25) is 0 Å². The first-order valence-corrected chi connectivity index (χ1v) is 5.92. The van der Waals surface area contributed by atoms with Crippen molar-refractivity contribution in [3.63, 3.8) is 0 Å². The highest BCUT2D eigenvalue weighted by atomic mass is 16.7. The van der Waals surface area contributed by atoms with E-state index in [0.29, 0.717) is 12.3 Å². The molecule has 1 amide bonds. The van der Waals surface area contributed by atoms with Crippen molar-refractivity contribution in [1.29, 1.82) is 0 Å². The average molecular weight is 243 g/mol. The van der Waals surface area contributed by atoms with Crippen LogP contribution in [-0.2, 0) is 15.9 Å². The monoisotopic (exact) mass is 243 g/mol. The molecule has 0 aliphatic carbocycles. The lowest BCUT2D eigenvalue weighted by Crippen LogP contribution is -2.34. The number of hydrogen-bond acceptors (Lipinski definition) is 3. The van der Waals surface area contributed by atoms with Gasteiger partial charge >= 0.3 is 7.12 Å². The SMILES string of the molecule is C=C1OB(c2ccc3c(c2)CNC3=O)OC1(C)C. The highest BCUT2D eigenvalue weighted by molar-refractivity contribution is 6.62. The molecular weight excluding hydrogens is 229 g/mol. The third-order valence-corrected chi connectivity index (χ3v) is 3.41. The molecule has 2 heterocycles. The third-order valence-electron chi connectivity index (χ3n) is 3.41. The number of amides is 1. The molecule has 4 nitrogen and oxygen atoms in total. The molecule has 0 radical (unpaired) electrons. The van der Waals surface area contributed by atoms with Crippen molar-refractivity contribution in [3.8, 4) is 0 Å². The molecule has 1 saturated heterocycles. The Kier molecular flexibility index (Phi) is 2.28. The summed E-state index contributed by atoms with van der Waals surface area (Å²) in [7, 11) is -0.437. The first-order valence-electron chi connectivity index (χ1n) is 5.92. The highest BCUT2D eigenvalue weighted by Crippen LogP contribution is 2.29. The van der Waals surface area contributed by atoms with Crippen molar-refractivity contribution < 1.29 is 14.1 Å². The van der Waals surface area contributed by atoms with Crippen LogP contribution in [0.4, 0.5) is 0 Å². The van der Waals surface area contributed by atoms with Gasteiger partial charge in [0.15, 0.2) is 0 Å². The zero-order valence-corrected chi connectivity index (χ0v) is 10.4. The van der Waals surface area contributed by atoms with Gasteiger partial charge in [0.05, 0.1) is 5.76 Å². The Morgan fingerprint density at radius 3 is 2.89 bits per heavy atom. The van der Waals surface area contributed by atoms with Crippen LogP contribution in [0.15, 0.2) is 30.5 Å². The van der Waals surface area contributed by atoms with Gasteiger partial charge in [-0.15, -0.1) is 0 Å². The number of rotatable bonds is 1. The van der Waals surface area contributed by atoms with Crippen LogP contribution in [0, 0.1) is 0 Å². The van der Waals surface area contributed by atoms with Crippen LogP contribution in [0.1, 0.15) is 29.8 Å². The summed E-state index contributed by atoms with van der Waals surface area (Å²) in [5.74, 6) is 0.608. The Balaban J connectivity index is 1.91. The largest absolute Gasteiger partial charge is 0.563 e. The molecule has 0 atom stereocenters. The fourth-order valence-electron chi connectivity index (χ4n) is 2.16. The minimum absolute atomic E-state index is 0.0189. The highest BCUT2D eigenvalue weighted by Gasteiger charge is 2.43. The topological polar surface area (TPSA) is 47.6 Å². The first kappa shape index (κ1) is 11.4. The Labute approximate surface area is 106 Å². The molecule has 2 aliphatic rings. The summed E-state index contributed by atoms with van der Waals surface area (Å²) < 4.78 is 11.4. The minimum atomic E-state index is -0.474. The van der Waals surface area contributed by atoms with E-state index >= 15 is 0 Å². The zero-order chi connectivity index (χ0) is 12.9. The molecule has 92 valence electrons. The van der Waals surface area contributed by atoms with E-state index in [1.165, 1.54) is 0 Å². The summed E-state index contributed by atoms with van der Waals surface area (Å²) in [5.41, 5.74) is 2.16. The molecular formula is C13H14BNO3. The minimum Gasteiger partial charge on any atom is -0.534 e. The fraction of sp³-hybridized carbons (Fsp3) is 0.308. The molecule has 0 spiro atoms. The third kappa shape index (κ3) is 1.63. The van der Waals surface area contributed by atoms with Gasteiger partial charge in [-0.1, -0.05) is 18.7 Å². The second kappa shape index (κ2) is 3.62. The molecule has 1 aromatic rings. The van der Waals surface area contributed by atoms with E-state index in [4.69, 9.17) is 9.31 Å². The number of carbonyl (C=O) groups excluding carboxylic acids is 1. The van der Waals surface area contributed by atoms with Crippen molar-refractivity contribution in [2.75, 3.05) is 0 Å². The van der Waals surface area contributed by atoms with E-state index in [-0.39, 0.29) is 5.91 Å². The summed E-state index contributed by atoms with van der Waals surface area (Å²) in [6, 6.07) is 5.63. The predicted octanol–water partition coefficient (Wildman–Crippen LogP) is 0.964. The average Bonchev–Trinajstić information content (AvgIpc) is 2.81. The number of fused-ring (bicyclic) bond motifs is 1. The Morgan fingerprint density at radius 2 is 2.22 bits per heavy atom. The van der Waals surface area contributed by atoms with Crippen molar-refractivity contribution in [1.82, 2.24) is 5.32 Å². The van der Waals surface area contributed by atoms with Crippen molar-refractivity contribution in [2.45, 2.75) is 26.0 Å². The van der Waals surface area contributed by atoms with Crippen LogP contribution >= 0.6 is 0 Å². The lowest BCUT2D eigenvalue weighted by atomic mass is 9.78. The van der Waals surface area contributed by atoms with Crippen LogP contribution < -0.4 is 10.8 Å². The van der Waals surface area contributed by atoms with Crippen molar-refractivity contribution in [2.24, 2.45) is 0 Å². The Hall–Kier alpha value is -1.75. The van der Waals surface area contributed by atoms with Crippen molar-refractivity contribution >= 4 is 18.5 Å². The maximum Gasteiger partial charge on any atom is 0.563 e. The lowest BCUT2D eigenvalue weighted by Gasteiger charge is -2.15. The number of nitrogens with one attached hydrogen (secondary N) is 1. The maximum atomic E-state index is 11.5. The summed E-state index contributed by atoms with van der Waals surface area (Å²) in [6.45, 7) is 8.27. The van der Waals surface area contributed by atoms with Gasteiger partial charge in [0, 0.05) is 12.1 Å². The maximum absolute atomic E-state index is 11.5. The lowest BCUT2D eigenvalue weighted by molar-refractivity contribution is 0.0965. The molecule has 0 unspecified atom stereocenters. The smallest absolute Gasteiger partial charge is 0.534 e. The standard InChI is InChI=1S/C13H14BNO3/c1-8-13(2,3)18-14(17-8)10-4-5-11-9(6-10)7-15-12(11)16/h4-6H,1,7H2,2-3H3,(H,15,16). The van der Waals surface area contributed by atoms with Gasteiger partial charge in [-0.3, -0.25) is 4.79 Å². The molecule has 5 heteroatoms. The van der Waals surface area contributed by atoms with Crippen LogP contribution in [0.5, 0.6) is 0 Å². The van der Waals surface area contributed by atoms with Crippen LogP contribution in [-0.4, -0.2) is 18.6 Å². The number of carbonyl (C=O) groups is 1. The van der Waals surface area contributed by atoms with Gasteiger partial charge in [0.2, 0.25) is 0 Å². The van der Waals surface area contributed by atoms with E-state index in [0.717, 1.165) is 16.6 Å². The zero-order valence-electron chi connectivity index (χ0n) is 10.4. The molecule has 18 heavy (non-hydrogen) atoms. The summed E-state index contributed by atoms with van der Waals surface area (Å²) in [5, 5.41) is 2.79. The second-order valence-corrected chi connectivity index (χ2v) is 5.10. The van der Waals surface area contributed by atoms with E-state index < -0.39 is 12.7 Å². The van der Waals surface area contributed by atoms with E-state index in [2.05, 4.69) is 11.9 Å². The Morgan fingerprint density at radius 1 is 1.44 bits per heavy atom. The molecule has 0 bridgehead atoms. The van der Waals surface area contributed by atoms with Gasteiger partial charge in [0.1, 0.15) is 5.60 Å². The second-order valence-electron chi connectivity index (χ2n) is 5.10. The van der Waals surface area contributed by atoms with E-state index in [1.54, 1.807) is 0 Å². The van der Waals surface area contributed by atoms with E-state index in [9.17, 15) is 4.79 Å². The van der Waals surface area contributed by atoms with E-state index in [1.807, 2.05) is 32.0 Å². The van der Waals surface area contributed by atoms with Crippen molar-refractivity contribution in [3.05, 3.63) is 41.7 Å². The van der Waals surface area contributed by atoms with Gasteiger partial charge in [0.25, 0.3) is 5.91 Å². The summed E-state index contributed by atoms with van der Waals surface area (Å²) in [4.78, 5) is 11.5.